The second kappa shape index (κ2) is 7.27. The number of nitro groups is 1. The molecule has 11 heteroatoms. The molecule has 0 saturated heterocycles. The number of halogens is 6. The van der Waals surface area contributed by atoms with Crippen molar-refractivity contribution in [3.8, 4) is 0 Å². The van der Waals surface area contributed by atoms with Gasteiger partial charge in [0, 0.05) is 6.07 Å². The van der Waals surface area contributed by atoms with Gasteiger partial charge in [0.25, 0.3) is 5.69 Å². The van der Waals surface area contributed by atoms with Crippen molar-refractivity contribution < 1.29 is 34.5 Å². The molecule has 112 valence electrons. The van der Waals surface area contributed by atoms with Crippen molar-refractivity contribution in [2.45, 2.75) is 0 Å². The Bertz CT molecular complexity index is 644. The summed E-state index contributed by atoms with van der Waals surface area (Å²) in [6, 6.07) is 12.4. The maximum atomic E-state index is 10.6. The molecule has 0 unspecified atom stereocenters. The Balaban J connectivity index is 0.000000436. The third-order valence-corrected chi connectivity index (χ3v) is 1.96. The van der Waals surface area contributed by atoms with Crippen molar-refractivity contribution in [1.82, 2.24) is 0 Å². The van der Waals surface area contributed by atoms with E-state index < -0.39 is 9.14 Å². The van der Waals surface area contributed by atoms with Crippen LogP contribution < -0.4 is 29.6 Å². The summed E-state index contributed by atoms with van der Waals surface area (Å²) in [5, 5.41) is 12.2. The molecule has 0 aliphatic heterocycles. The number of hydrogen-bond acceptors (Lipinski definition) is 2. The SMILES string of the molecule is O=[N+]([O-])c1cccc2ccccc12.[Cl][Sb-]([Cl])([Cl])([Cl])([Cl])[Cl].[Na+]. The van der Waals surface area contributed by atoms with E-state index in [1.165, 1.54) is 6.07 Å². The topological polar surface area (TPSA) is 43.1 Å². The van der Waals surface area contributed by atoms with Crippen molar-refractivity contribution in [2.24, 2.45) is 0 Å². The van der Waals surface area contributed by atoms with Crippen LogP contribution in [0.3, 0.4) is 0 Å². The average molecular weight is 531 g/mol. The number of non-ortho nitro benzene ring substituents is 1. The van der Waals surface area contributed by atoms with Gasteiger partial charge < -0.3 is 0 Å². The molecular formula is C10H7Cl6NNaO2Sb. The maximum Gasteiger partial charge on any atom is 1.00 e. The zero-order chi connectivity index (χ0) is 15.7. The third-order valence-electron chi connectivity index (χ3n) is 1.96. The van der Waals surface area contributed by atoms with Crippen molar-refractivity contribution in [2.75, 3.05) is 0 Å². The molecule has 0 bridgehead atoms. The van der Waals surface area contributed by atoms with Crippen LogP contribution in [-0.2, 0) is 0 Å². The number of benzene rings is 2. The van der Waals surface area contributed by atoms with Gasteiger partial charge in [0.2, 0.25) is 0 Å². The van der Waals surface area contributed by atoms with Gasteiger partial charge in [-0.1, -0.05) is 30.3 Å². The van der Waals surface area contributed by atoms with Crippen LogP contribution in [0.5, 0.6) is 0 Å². The molecule has 0 N–H and O–H groups in total. The van der Waals surface area contributed by atoms with Crippen LogP contribution in [-0.4, -0.2) is 14.1 Å². The average Bonchev–Trinajstić information content (AvgIpc) is 2.24. The minimum atomic E-state index is -5.42. The molecule has 3 nitrogen and oxygen atoms in total. The molecule has 21 heavy (non-hydrogen) atoms. The summed E-state index contributed by atoms with van der Waals surface area (Å²) in [6.07, 6.45) is 0. The van der Waals surface area contributed by atoms with Crippen LogP contribution >= 0.6 is 53.0 Å². The van der Waals surface area contributed by atoms with E-state index in [4.69, 9.17) is 53.0 Å². The fourth-order valence-electron chi connectivity index (χ4n) is 1.37. The second-order valence-corrected chi connectivity index (χ2v) is 60.6. The van der Waals surface area contributed by atoms with Crippen LogP contribution in [0.15, 0.2) is 42.5 Å². The summed E-state index contributed by atoms with van der Waals surface area (Å²) in [5.74, 6) is 0. The zero-order valence-corrected chi connectivity index (χ0v) is 19.6. The number of rotatable bonds is 1. The molecule has 0 aromatic heterocycles. The fraction of sp³-hybridized carbons (Fsp3) is 0. The molecular weight excluding hydrogens is 524 g/mol. The molecule has 0 fully saturated rings. The summed E-state index contributed by atoms with van der Waals surface area (Å²) < 4.78 is 0. The van der Waals surface area contributed by atoms with Gasteiger partial charge in [-0.25, -0.2) is 0 Å². The number of hydrogen-bond donors (Lipinski definition) is 0. The van der Waals surface area contributed by atoms with Gasteiger partial charge in [0.1, 0.15) is 0 Å². The first-order valence-electron chi connectivity index (χ1n) is 4.92. The zero-order valence-electron chi connectivity index (χ0n) is 10.5. The molecule has 0 amide bonds. The van der Waals surface area contributed by atoms with Crippen molar-refractivity contribution >= 4 is 78.6 Å². The van der Waals surface area contributed by atoms with Crippen LogP contribution in [0, 0.1) is 10.1 Å². The van der Waals surface area contributed by atoms with Crippen LogP contribution in [0.25, 0.3) is 10.8 Å². The van der Waals surface area contributed by atoms with E-state index in [1.54, 1.807) is 18.2 Å². The maximum absolute atomic E-state index is 10.6. The number of nitro benzene ring substituents is 1. The molecule has 2 rings (SSSR count). The Morgan fingerprint density at radius 3 is 1.76 bits per heavy atom. The Morgan fingerprint density at radius 2 is 1.29 bits per heavy atom. The van der Waals surface area contributed by atoms with Crippen molar-refractivity contribution in [1.29, 1.82) is 0 Å². The molecule has 0 heterocycles. The third kappa shape index (κ3) is 11.8. The molecule has 0 radical (unpaired) electrons. The summed E-state index contributed by atoms with van der Waals surface area (Å²) in [4.78, 5) is 10.3. The molecule has 2 aromatic rings. The second-order valence-electron chi connectivity index (χ2n) is 3.71. The minimum Gasteiger partial charge on any atom is 1.00 e. The molecule has 0 saturated carbocycles. The molecule has 0 atom stereocenters. The number of fused-ring (bicyclic) bond motifs is 1. The first kappa shape index (κ1) is 22.7. The summed E-state index contributed by atoms with van der Waals surface area (Å²) >= 11 is 0. The van der Waals surface area contributed by atoms with Gasteiger partial charge in [-0.3, -0.25) is 10.1 Å². The van der Waals surface area contributed by atoms with Gasteiger partial charge in [-0.15, -0.1) is 0 Å². The first-order chi connectivity index (χ1) is 8.74. The molecule has 0 aliphatic carbocycles. The standard InChI is InChI=1S/C10H7NO2.6ClH.Na.Sb/c12-11(13)10-7-3-5-8-4-1-2-6-9(8)10;;;;;;;;/h1-7H;6*1H;;/q;;;;;;;+1;+5/p-6. The Hall–Kier alpha value is 1.66. The van der Waals surface area contributed by atoms with E-state index in [2.05, 4.69) is 0 Å². The van der Waals surface area contributed by atoms with Crippen LogP contribution in [0.4, 0.5) is 5.69 Å². The Labute approximate surface area is 163 Å². The number of nitrogens with zero attached hydrogens (tertiary/aromatic N) is 1. The monoisotopic (exact) mass is 527 g/mol. The minimum absolute atomic E-state index is 0. The molecule has 2 aromatic carbocycles. The van der Waals surface area contributed by atoms with Crippen molar-refractivity contribution in [3.05, 3.63) is 52.6 Å². The normalized spacial score (nSPS) is 14.0. The Morgan fingerprint density at radius 1 is 0.857 bits per heavy atom. The van der Waals surface area contributed by atoms with Crippen LogP contribution in [0.2, 0.25) is 0 Å². The largest absolute Gasteiger partial charge is 1.00 e. The van der Waals surface area contributed by atoms with Gasteiger partial charge in [0.15, 0.2) is 0 Å². The van der Waals surface area contributed by atoms with E-state index in [0.717, 1.165) is 5.39 Å². The van der Waals surface area contributed by atoms with Gasteiger partial charge in [0.05, 0.1) is 10.3 Å². The molecule has 0 aliphatic rings. The van der Waals surface area contributed by atoms with E-state index in [0.29, 0.717) is 5.39 Å². The van der Waals surface area contributed by atoms with Gasteiger partial charge >= 0.3 is 91.7 Å². The van der Waals surface area contributed by atoms with Crippen molar-refractivity contribution in [3.63, 3.8) is 0 Å². The van der Waals surface area contributed by atoms with E-state index in [-0.39, 0.29) is 40.2 Å². The molecule has 0 spiro atoms. The summed E-state index contributed by atoms with van der Waals surface area (Å²) in [5.41, 5.74) is 0.165. The van der Waals surface area contributed by atoms with Gasteiger partial charge in [-0.2, -0.15) is 0 Å². The quantitative estimate of drug-likeness (QED) is 0.322. The fourth-order valence-corrected chi connectivity index (χ4v) is 1.37. The van der Waals surface area contributed by atoms with E-state index in [1.807, 2.05) is 18.2 Å². The van der Waals surface area contributed by atoms with Gasteiger partial charge in [-0.05, 0) is 11.5 Å². The summed E-state index contributed by atoms with van der Waals surface area (Å²) in [6.45, 7) is 0. The van der Waals surface area contributed by atoms with E-state index in [9.17, 15) is 10.1 Å². The Kier molecular flexibility index (Phi) is 7.84. The predicted octanol–water partition coefficient (Wildman–Crippen LogP) is 3.51. The van der Waals surface area contributed by atoms with E-state index >= 15 is 0 Å². The first-order valence-corrected chi connectivity index (χ1v) is 24.3. The van der Waals surface area contributed by atoms with Crippen LogP contribution in [0.1, 0.15) is 0 Å². The smallest absolute Gasteiger partial charge is 1.00 e. The summed E-state index contributed by atoms with van der Waals surface area (Å²) in [7, 11) is 25.0. The predicted molar refractivity (Wildman–Crippen MR) is 91.5 cm³/mol.